The first-order chi connectivity index (χ1) is 16.7. The smallest absolute Gasteiger partial charge is 0.236 e. The SMILES string of the molecule is COc1ccc(N2CCCN(CC(=O)NC3C4CC5CC3CC(C(N)=O)(C5)C4)S2(O)O)c(OC)c1. The molecule has 2 atom stereocenters. The summed E-state index contributed by atoms with van der Waals surface area (Å²) in [6.07, 6.45) is 5.06. The van der Waals surface area contributed by atoms with E-state index < -0.39 is 16.4 Å². The molecule has 6 rings (SSSR count). The van der Waals surface area contributed by atoms with Gasteiger partial charge >= 0.3 is 0 Å². The van der Waals surface area contributed by atoms with Gasteiger partial charge in [0.1, 0.15) is 17.2 Å². The normalized spacial score (nSPS) is 34.3. The van der Waals surface area contributed by atoms with Gasteiger partial charge < -0.3 is 20.5 Å². The molecule has 2 unspecified atom stereocenters. The van der Waals surface area contributed by atoms with Crippen LogP contribution in [0.1, 0.15) is 38.5 Å². The highest BCUT2D eigenvalue weighted by atomic mass is 32.3. The predicted molar refractivity (Wildman–Crippen MR) is 133 cm³/mol. The van der Waals surface area contributed by atoms with Crippen LogP contribution in [0.15, 0.2) is 18.2 Å². The maximum Gasteiger partial charge on any atom is 0.236 e. The Morgan fingerprint density at radius 3 is 2.49 bits per heavy atom. The summed E-state index contributed by atoms with van der Waals surface area (Å²) in [6, 6.07) is 5.18. The topological polar surface area (TPSA) is 138 Å². The minimum absolute atomic E-state index is 0.0101. The van der Waals surface area contributed by atoms with Gasteiger partial charge in [-0.15, -0.1) is 0 Å². The molecule has 5 N–H and O–H groups in total. The Bertz CT molecular complexity index is 990. The molecule has 0 spiro atoms. The van der Waals surface area contributed by atoms with Gasteiger partial charge in [-0.1, -0.05) is 0 Å². The van der Waals surface area contributed by atoms with E-state index in [-0.39, 0.29) is 36.2 Å². The van der Waals surface area contributed by atoms with Gasteiger partial charge in [-0.3, -0.25) is 23.0 Å². The summed E-state index contributed by atoms with van der Waals surface area (Å²) in [5.74, 6) is 1.66. The molecule has 1 aliphatic heterocycles. The Morgan fingerprint density at radius 2 is 1.86 bits per heavy atom. The molecule has 35 heavy (non-hydrogen) atoms. The van der Waals surface area contributed by atoms with Gasteiger partial charge in [0, 0.05) is 30.6 Å². The van der Waals surface area contributed by atoms with E-state index in [0.29, 0.717) is 42.6 Å². The van der Waals surface area contributed by atoms with Crippen molar-refractivity contribution in [3.05, 3.63) is 18.2 Å². The Kier molecular flexibility index (Phi) is 6.31. The molecule has 5 fully saturated rings. The van der Waals surface area contributed by atoms with Crippen molar-refractivity contribution in [1.29, 1.82) is 0 Å². The molecular formula is C24H36N4O6S. The van der Waals surface area contributed by atoms with E-state index in [1.165, 1.54) is 15.7 Å². The van der Waals surface area contributed by atoms with Crippen LogP contribution in [-0.4, -0.2) is 65.1 Å². The molecule has 10 nitrogen and oxygen atoms in total. The number of hydrogen-bond donors (Lipinski definition) is 4. The Hall–Kier alpha value is -2.21. The lowest BCUT2D eigenvalue weighted by atomic mass is 9.47. The van der Waals surface area contributed by atoms with Crippen LogP contribution in [0.2, 0.25) is 0 Å². The van der Waals surface area contributed by atoms with Crippen molar-refractivity contribution in [3.8, 4) is 11.5 Å². The fraction of sp³-hybridized carbons (Fsp3) is 0.667. The maximum absolute atomic E-state index is 13.1. The summed E-state index contributed by atoms with van der Waals surface area (Å²) in [5, 5.41) is 3.19. The first kappa shape index (κ1) is 24.5. The minimum Gasteiger partial charge on any atom is -0.497 e. The van der Waals surface area contributed by atoms with Crippen LogP contribution in [0.25, 0.3) is 0 Å². The van der Waals surface area contributed by atoms with E-state index in [9.17, 15) is 18.7 Å². The molecule has 1 saturated heterocycles. The fourth-order valence-corrected chi connectivity index (χ4v) is 8.87. The van der Waals surface area contributed by atoms with Crippen molar-refractivity contribution in [2.45, 2.75) is 44.6 Å². The third-order valence-electron chi connectivity index (χ3n) is 8.51. The number of methoxy groups -OCH3 is 2. The summed E-state index contributed by atoms with van der Waals surface area (Å²) >= 11 is 0. The number of rotatable bonds is 7. The number of carbonyl (C=O) groups is 2. The van der Waals surface area contributed by atoms with Crippen LogP contribution in [0.3, 0.4) is 0 Å². The number of nitrogens with one attached hydrogen (secondary N) is 1. The van der Waals surface area contributed by atoms with Gasteiger partial charge in [0.25, 0.3) is 0 Å². The Morgan fingerprint density at radius 1 is 1.14 bits per heavy atom. The highest BCUT2D eigenvalue weighted by Crippen LogP contribution is 2.60. The number of amides is 2. The first-order valence-electron chi connectivity index (χ1n) is 12.3. The molecular weight excluding hydrogens is 472 g/mol. The lowest BCUT2D eigenvalue weighted by Crippen LogP contribution is -2.62. The van der Waals surface area contributed by atoms with Crippen molar-refractivity contribution in [3.63, 3.8) is 0 Å². The number of anilines is 1. The summed E-state index contributed by atoms with van der Waals surface area (Å²) in [5.41, 5.74) is 5.92. The van der Waals surface area contributed by atoms with E-state index in [0.717, 1.165) is 32.1 Å². The van der Waals surface area contributed by atoms with Gasteiger partial charge in [-0.2, -0.15) is 4.31 Å². The Labute approximate surface area is 207 Å². The first-order valence-corrected chi connectivity index (χ1v) is 13.8. The van der Waals surface area contributed by atoms with Gasteiger partial charge in [0.2, 0.25) is 11.8 Å². The van der Waals surface area contributed by atoms with Gasteiger partial charge in [-0.25, -0.2) is 0 Å². The molecule has 0 aromatic heterocycles. The number of hydrogen-bond acceptors (Lipinski definition) is 8. The van der Waals surface area contributed by atoms with Crippen LogP contribution in [0.4, 0.5) is 5.69 Å². The van der Waals surface area contributed by atoms with Crippen LogP contribution in [0.5, 0.6) is 11.5 Å². The molecule has 11 heteroatoms. The zero-order chi connectivity index (χ0) is 25.0. The lowest BCUT2D eigenvalue weighted by Gasteiger charge is -2.59. The average molecular weight is 509 g/mol. The second kappa shape index (κ2) is 9.02. The second-order valence-electron chi connectivity index (χ2n) is 10.6. The molecule has 4 aliphatic carbocycles. The summed E-state index contributed by atoms with van der Waals surface area (Å²) in [6.45, 7) is 0.708. The number of primary amides is 1. The van der Waals surface area contributed by atoms with E-state index >= 15 is 0 Å². The third kappa shape index (κ3) is 4.22. The largest absolute Gasteiger partial charge is 0.497 e. The van der Waals surface area contributed by atoms with Crippen molar-refractivity contribution < 1.29 is 28.2 Å². The van der Waals surface area contributed by atoms with Crippen molar-refractivity contribution in [1.82, 2.24) is 9.62 Å². The quantitative estimate of drug-likeness (QED) is 0.441. The van der Waals surface area contributed by atoms with Gasteiger partial charge in [-0.05, 0) is 79.4 Å². The maximum atomic E-state index is 13.1. The molecule has 1 aromatic carbocycles. The zero-order valence-corrected chi connectivity index (χ0v) is 21.1. The van der Waals surface area contributed by atoms with E-state index in [1.807, 2.05) is 0 Å². The summed E-state index contributed by atoms with van der Waals surface area (Å²) < 4.78 is 36.1. The highest BCUT2D eigenvalue weighted by Gasteiger charge is 2.58. The van der Waals surface area contributed by atoms with Crippen molar-refractivity contribution in [2.24, 2.45) is 28.9 Å². The molecule has 1 aromatic rings. The Balaban J connectivity index is 1.28. The number of benzene rings is 1. The molecule has 4 saturated carbocycles. The number of ether oxygens (including phenoxy) is 2. The number of nitrogens with zero attached hydrogens (tertiary/aromatic N) is 2. The number of nitrogens with two attached hydrogens (primary N) is 1. The zero-order valence-electron chi connectivity index (χ0n) is 20.3. The molecule has 194 valence electrons. The predicted octanol–water partition coefficient (Wildman–Crippen LogP) is 2.59. The molecule has 4 bridgehead atoms. The average Bonchev–Trinajstić information content (AvgIpc) is 2.81. The molecule has 5 aliphatic rings. The van der Waals surface area contributed by atoms with E-state index in [2.05, 4.69) is 5.32 Å². The number of carbonyl (C=O) groups excluding carboxylic acids is 2. The lowest BCUT2D eigenvalue weighted by molar-refractivity contribution is -0.147. The third-order valence-corrected chi connectivity index (χ3v) is 10.5. The molecule has 0 radical (unpaired) electrons. The fourth-order valence-electron chi connectivity index (χ4n) is 7.14. The standard InChI is InChI=1S/C24H36N4O6S/c1-33-18-4-5-19(20(10-18)34-2)28-7-3-6-27(35(28,31)32)14-21(29)26-22-16-8-15-9-17(22)13-24(11-15,12-16)23(25)30/h4-5,10,15-17,22,31-32H,3,6-9,11-14H2,1-2H3,(H2,25,30)(H,26,29). The minimum atomic E-state index is -3.42. The second-order valence-corrected chi connectivity index (χ2v) is 12.5. The van der Waals surface area contributed by atoms with E-state index in [1.54, 1.807) is 25.3 Å². The van der Waals surface area contributed by atoms with Crippen LogP contribution < -0.4 is 24.8 Å². The van der Waals surface area contributed by atoms with Crippen molar-refractivity contribution in [2.75, 3.05) is 38.2 Å². The van der Waals surface area contributed by atoms with Crippen molar-refractivity contribution >= 4 is 28.5 Å². The summed E-state index contributed by atoms with van der Waals surface area (Å²) in [7, 11) is -0.346. The van der Waals surface area contributed by atoms with Gasteiger partial charge in [0.05, 0.1) is 20.8 Å². The van der Waals surface area contributed by atoms with E-state index in [4.69, 9.17) is 15.2 Å². The highest BCUT2D eigenvalue weighted by molar-refractivity contribution is 8.23. The van der Waals surface area contributed by atoms with Crippen LogP contribution >= 0.6 is 11.0 Å². The molecule has 2 amide bonds. The van der Waals surface area contributed by atoms with Gasteiger partial charge in [0.15, 0.2) is 0 Å². The molecule has 1 heterocycles. The van der Waals surface area contributed by atoms with Crippen LogP contribution in [-0.2, 0) is 9.59 Å². The summed E-state index contributed by atoms with van der Waals surface area (Å²) in [4.78, 5) is 25.3. The monoisotopic (exact) mass is 508 g/mol. The van der Waals surface area contributed by atoms with Crippen LogP contribution in [0, 0.1) is 23.2 Å².